The highest BCUT2D eigenvalue weighted by Gasteiger charge is 2.34. The van der Waals surface area contributed by atoms with Crippen LogP contribution in [0.25, 0.3) is 0 Å². The lowest BCUT2D eigenvalue weighted by atomic mass is 9.93. The first-order valence-corrected chi connectivity index (χ1v) is 8.52. The number of anilines is 2. The maximum atomic E-state index is 12.2. The number of hydrogen-bond acceptors (Lipinski definition) is 5. The molecule has 98 valence electrons. The molecule has 1 aromatic rings. The van der Waals surface area contributed by atoms with Gasteiger partial charge < -0.3 is 11.1 Å². The summed E-state index contributed by atoms with van der Waals surface area (Å²) < 4.78 is 0. The highest BCUT2D eigenvalue weighted by molar-refractivity contribution is 7.99. The number of thioether (sulfide) groups is 1. The zero-order valence-electron chi connectivity index (χ0n) is 10.5. The minimum absolute atomic E-state index is 0.247. The third-order valence-corrected chi connectivity index (χ3v) is 5.83. The van der Waals surface area contributed by atoms with E-state index in [2.05, 4.69) is 5.32 Å². The summed E-state index contributed by atoms with van der Waals surface area (Å²) in [6.07, 6.45) is 7.87. The van der Waals surface area contributed by atoms with Gasteiger partial charge in [-0.05, 0) is 38.4 Å². The van der Waals surface area contributed by atoms with E-state index in [0.29, 0.717) is 11.7 Å². The molecule has 0 radical (unpaired) electrons. The molecule has 0 amide bonds. The number of nitrogens with one attached hydrogen (secondary N) is 1. The molecule has 0 aliphatic heterocycles. The number of nitrogen functional groups attached to an aromatic ring is 1. The Morgan fingerprint density at radius 1 is 1.39 bits per heavy atom. The predicted molar refractivity (Wildman–Crippen MR) is 78.8 cm³/mol. The van der Waals surface area contributed by atoms with E-state index < -0.39 is 0 Å². The molecule has 5 heteroatoms. The van der Waals surface area contributed by atoms with Crippen LogP contribution < -0.4 is 11.1 Å². The molecule has 1 heterocycles. The van der Waals surface area contributed by atoms with E-state index in [0.717, 1.165) is 27.6 Å². The molecule has 1 aromatic heterocycles. The highest BCUT2D eigenvalue weighted by Crippen LogP contribution is 2.46. The van der Waals surface area contributed by atoms with Crippen LogP contribution in [0.3, 0.4) is 0 Å². The zero-order chi connectivity index (χ0) is 12.7. The number of hydrogen-bond donors (Lipinski definition) is 2. The number of ketones is 1. The molecular formula is C13H18N2OS2. The van der Waals surface area contributed by atoms with Gasteiger partial charge in [-0.15, -0.1) is 23.1 Å². The molecule has 2 fully saturated rings. The van der Waals surface area contributed by atoms with Crippen molar-refractivity contribution in [3.63, 3.8) is 0 Å². The number of carbonyl (C=O) groups is 1. The molecule has 2 aliphatic carbocycles. The van der Waals surface area contributed by atoms with Crippen LogP contribution in [0, 0.1) is 5.92 Å². The number of rotatable bonds is 5. The summed E-state index contributed by atoms with van der Waals surface area (Å²) in [6.45, 7) is 0. The van der Waals surface area contributed by atoms with Crippen LogP contribution in [0.5, 0.6) is 0 Å². The van der Waals surface area contributed by atoms with Crippen LogP contribution in [0.15, 0.2) is 4.90 Å². The third kappa shape index (κ3) is 2.14. The fourth-order valence-corrected chi connectivity index (χ4v) is 4.30. The Kier molecular flexibility index (Phi) is 3.28. The van der Waals surface area contributed by atoms with E-state index in [9.17, 15) is 4.79 Å². The minimum atomic E-state index is 0.247. The van der Waals surface area contributed by atoms with Gasteiger partial charge in [-0.1, -0.05) is 0 Å². The van der Waals surface area contributed by atoms with E-state index in [1.54, 1.807) is 23.1 Å². The van der Waals surface area contributed by atoms with Gasteiger partial charge in [0, 0.05) is 12.0 Å². The summed E-state index contributed by atoms with van der Waals surface area (Å²) >= 11 is 3.20. The van der Waals surface area contributed by atoms with Gasteiger partial charge in [-0.3, -0.25) is 4.79 Å². The van der Waals surface area contributed by atoms with Gasteiger partial charge in [0.1, 0.15) is 5.00 Å². The number of carbonyl (C=O) groups excluding carboxylic acids is 1. The van der Waals surface area contributed by atoms with Gasteiger partial charge in [0.05, 0.1) is 15.5 Å². The second-order valence-corrected chi connectivity index (χ2v) is 6.96. The lowest BCUT2D eigenvalue weighted by Gasteiger charge is -2.27. The maximum Gasteiger partial charge on any atom is 0.178 e. The summed E-state index contributed by atoms with van der Waals surface area (Å²) in [4.78, 5) is 14.0. The SMILES string of the molecule is CSc1c(NC2CCC2)sc(C(=O)C2CC2)c1N. The van der Waals surface area contributed by atoms with Gasteiger partial charge in [-0.2, -0.15) is 0 Å². The Morgan fingerprint density at radius 2 is 2.11 bits per heavy atom. The summed E-state index contributed by atoms with van der Waals surface area (Å²) in [5.41, 5.74) is 6.85. The van der Waals surface area contributed by atoms with Crippen molar-refractivity contribution in [1.29, 1.82) is 0 Å². The third-order valence-electron chi connectivity index (χ3n) is 3.72. The predicted octanol–water partition coefficient (Wildman–Crippen LogP) is 3.61. The topological polar surface area (TPSA) is 55.1 Å². The first-order valence-electron chi connectivity index (χ1n) is 6.47. The van der Waals surface area contributed by atoms with E-state index in [4.69, 9.17) is 5.73 Å². The van der Waals surface area contributed by atoms with Crippen molar-refractivity contribution >= 4 is 39.6 Å². The monoisotopic (exact) mass is 282 g/mol. The Labute approximate surface area is 116 Å². The molecule has 18 heavy (non-hydrogen) atoms. The molecule has 2 aliphatic rings. The Bertz CT molecular complexity index is 476. The first kappa shape index (κ1) is 12.4. The molecule has 3 N–H and O–H groups in total. The molecule has 2 saturated carbocycles. The van der Waals surface area contributed by atoms with Gasteiger partial charge in [0.2, 0.25) is 0 Å². The van der Waals surface area contributed by atoms with Crippen molar-refractivity contribution < 1.29 is 4.79 Å². The molecular weight excluding hydrogens is 264 g/mol. The van der Waals surface area contributed by atoms with Crippen molar-refractivity contribution in [2.45, 2.75) is 43.0 Å². The summed E-state index contributed by atoms with van der Waals surface area (Å²) in [6, 6.07) is 0.581. The number of thiophene rings is 1. The molecule has 0 atom stereocenters. The molecule has 0 saturated heterocycles. The Hall–Kier alpha value is -0.680. The van der Waals surface area contributed by atoms with Gasteiger partial charge in [0.15, 0.2) is 5.78 Å². The minimum Gasteiger partial charge on any atom is -0.396 e. The standard InChI is InChI=1S/C13H18N2OS2/c1-17-12-9(14)11(10(16)7-5-6-7)18-13(12)15-8-3-2-4-8/h7-8,15H,2-6,14H2,1H3. The van der Waals surface area contributed by atoms with Crippen LogP contribution in [-0.2, 0) is 0 Å². The van der Waals surface area contributed by atoms with Crippen LogP contribution in [0.4, 0.5) is 10.7 Å². The van der Waals surface area contributed by atoms with Crippen LogP contribution >= 0.6 is 23.1 Å². The summed E-state index contributed by atoms with van der Waals surface area (Å²) in [5, 5.41) is 4.64. The quantitative estimate of drug-likeness (QED) is 0.640. The molecule has 3 nitrogen and oxygen atoms in total. The number of nitrogens with two attached hydrogens (primary N) is 1. The normalized spacial score (nSPS) is 19.6. The average Bonchev–Trinajstić information content (AvgIpc) is 3.09. The van der Waals surface area contributed by atoms with Crippen molar-refractivity contribution in [3.8, 4) is 0 Å². The summed E-state index contributed by atoms with van der Waals surface area (Å²) in [7, 11) is 0. The number of Topliss-reactive ketones (excluding diaryl/α,β-unsaturated/α-hetero) is 1. The van der Waals surface area contributed by atoms with Crippen LogP contribution in [0.1, 0.15) is 41.8 Å². The van der Waals surface area contributed by atoms with E-state index >= 15 is 0 Å². The average molecular weight is 282 g/mol. The fourth-order valence-electron chi connectivity index (χ4n) is 2.18. The lowest BCUT2D eigenvalue weighted by molar-refractivity contribution is 0.0972. The second kappa shape index (κ2) is 4.78. The Balaban J connectivity index is 1.87. The summed E-state index contributed by atoms with van der Waals surface area (Å²) in [5.74, 6) is 0.506. The lowest BCUT2D eigenvalue weighted by Crippen LogP contribution is -2.26. The van der Waals surface area contributed by atoms with Gasteiger partial charge in [0.25, 0.3) is 0 Å². The molecule has 0 bridgehead atoms. The molecule has 3 rings (SSSR count). The first-order chi connectivity index (χ1) is 8.70. The van der Waals surface area contributed by atoms with E-state index in [-0.39, 0.29) is 11.7 Å². The van der Waals surface area contributed by atoms with Crippen molar-refractivity contribution in [3.05, 3.63) is 4.88 Å². The second-order valence-electron chi connectivity index (χ2n) is 5.12. The van der Waals surface area contributed by atoms with E-state index in [1.165, 1.54) is 19.3 Å². The zero-order valence-corrected chi connectivity index (χ0v) is 12.1. The highest BCUT2D eigenvalue weighted by atomic mass is 32.2. The molecule has 0 spiro atoms. The largest absolute Gasteiger partial charge is 0.396 e. The smallest absolute Gasteiger partial charge is 0.178 e. The maximum absolute atomic E-state index is 12.2. The van der Waals surface area contributed by atoms with Gasteiger partial charge in [-0.25, -0.2) is 0 Å². The molecule has 0 unspecified atom stereocenters. The van der Waals surface area contributed by atoms with Crippen LogP contribution in [0.2, 0.25) is 0 Å². The molecule has 0 aromatic carbocycles. The van der Waals surface area contributed by atoms with Crippen LogP contribution in [-0.4, -0.2) is 18.1 Å². The van der Waals surface area contributed by atoms with E-state index in [1.807, 2.05) is 6.26 Å². The van der Waals surface area contributed by atoms with Crippen molar-refractivity contribution in [2.75, 3.05) is 17.3 Å². The fraction of sp³-hybridized carbons (Fsp3) is 0.615. The van der Waals surface area contributed by atoms with Gasteiger partial charge >= 0.3 is 0 Å². The van der Waals surface area contributed by atoms with Crippen molar-refractivity contribution in [2.24, 2.45) is 5.92 Å². The van der Waals surface area contributed by atoms with Crippen molar-refractivity contribution in [1.82, 2.24) is 0 Å². The Morgan fingerprint density at radius 3 is 2.61 bits per heavy atom.